The Hall–Kier alpha value is -1.70. The zero-order valence-corrected chi connectivity index (χ0v) is 17.0. The number of likely N-dealkylation sites (N-methyl/N-ethyl adjacent to an activating group) is 1. The number of rotatable bonds is 5. The Morgan fingerprint density at radius 2 is 1.96 bits per heavy atom. The van der Waals surface area contributed by atoms with Crippen LogP contribution in [0.2, 0.25) is 0 Å². The zero-order valence-electron chi connectivity index (χ0n) is 16.2. The molecule has 0 spiro atoms. The molecular weight excluding hydrogens is 385 g/mol. The van der Waals surface area contributed by atoms with Gasteiger partial charge in [-0.05, 0) is 63.9 Å². The molecule has 1 aromatic carbocycles. The van der Waals surface area contributed by atoms with Crippen molar-refractivity contribution in [2.75, 3.05) is 38.1 Å². The molecule has 0 aromatic heterocycles. The molecule has 28 heavy (non-hydrogen) atoms. The molecule has 0 aliphatic carbocycles. The van der Waals surface area contributed by atoms with Crippen molar-refractivity contribution in [1.29, 1.82) is 0 Å². The number of piperidine rings is 1. The number of amides is 1. The summed E-state index contributed by atoms with van der Waals surface area (Å²) in [5, 5.41) is 9.00. The van der Waals surface area contributed by atoms with Crippen molar-refractivity contribution in [2.45, 2.75) is 44.2 Å². The minimum Gasteiger partial charge on any atom is -0.480 e. The van der Waals surface area contributed by atoms with E-state index >= 15 is 0 Å². The molecule has 2 aliphatic rings. The fourth-order valence-corrected chi connectivity index (χ4v) is 4.29. The summed E-state index contributed by atoms with van der Waals surface area (Å²) in [4.78, 5) is 29.9. The van der Waals surface area contributed by atoms with E-state index in [-0.39, 0.29) is 42.8 Å². The van der Waals surface area contributed by atoms with Crippen LogP contribution in [0.15, 0.2) is 24.3 Å². The summed E-state index contributed by atoms with van der Waals surface area (Å²) in [6.07, 6.45) is 4.45. The highest BCUT2D eigenvalue weighted by Crippen LogP contribution is 2.26. The number of benzene rings is 1. The van der Waals surface area contributed by atoms with Gasteiger partial charge in [-0.15, -0.1) is 12.4 Å². The number of anilines is 1. The summed E-state index contributed by atoms with van der Waals surface area (Å²) in [6.45, 7) is 2.28. The second-order valence-corrected chi connectivity index (χ2v) is 7.56. The van der Waals surface area contributed by atoms with Crippen LogP contribution in [0.25, 0.3) is 0 Å². The van der Waals surface area contributed by atoms with E-state index in [0.717, 1.165) is 45.2 Å². The van der Waals surface area contributed by atoms with Gasteiger partial charge in [0.1, 0.15) is 5.82 Å². The third-order valence-corrected chi connectivity index (χ3v) is 5.71. The van der Waals surface area contributed by atoms with Gasteiger partial charge < -0.3 is 10.0 Å². The summed E-state index contributed by atoms with van der Waals surface area (Å²) in [5.74, 6) is -1.10. The molecule has 2 atom stereocenters. The molecule has 1 amide bonds. The van der Waals surface area contributed by atoms with E-state index in [0.29, 0.717) is 12.2 Å². The molecule has 8 heteroatoms. The predicted octanol–water partition coefficient (Wildman–Crippen LogP) is 2.61. The van der Waals surface area contributed by atoms with Crippen LogP contribution in [-0.2, 0) is 9.59 Å². The maximum Gasteiger partial charge on any atom is 0.317 e. The molecule has 2 unspecified atom stereocenters. The lowest BCUT2D eigenvalue weighted by Gasteiger charge is -2.38. The number of carboxylic acid groups (broad SMARTS) is 1. The summed E-state index contributed by atoms with van der Waals surface area (Å²) in [5.41, 5.74) is 0.624. The Morgan fingerprint density at radius 3 is 2.68 bits per heavy atom. The molecule has 3 rings (SSSR count). The quantitative estimate of drug-likeness (QED) is 0.803. The third kappa shape index (κ3) is 5.43. The van der Waals surface area contributed by atoms with Crippen LogP contribution in [-0.4, -0.2) is 72.1 Å². The van der Waals surface area contributed by atoms with Gasteiger partial charge in [0.15, 0.2) is 0 Å². The SMILES string of the molecule is CN(CC(=O)O)C1CCCN(C2CCCN(c3cccc(F)c3)C2=O)CC1.Cl. The summed E-state index contributed by atoms with van der Waals surface area (Å²) in [6, 6.07) is 6.27. The van der Waals surface area contributed by atoms with Crippen LogP contribution in [0.5, 0.6) is 0 Å². The normalized spacial score (nSPS) is 24.0. The zero-order chi connectivity index (χ0) is 19.4. The fourth-order valence-electron chi connectivity index (χ4n) is 4.29. The number of carbonyl (C=O) groups excluding carboxylic acids is 1. The average Bonchev–Trinajstić information content (AvgIpc) is 2.87. The first-order valence-electron chi connectivity index (χ1n) is 9.68. The van der Waals surface area contributed by atoms with Gasteiger partial charge >= 0.3 is 5.97 Å². The lowest BCUT2D eigenvalue weighted by Crippen LogP contribution is -2.53. The molecule has 0 saturated carbocycles. The molecule has 0 bridgehead atoms. The highest BCUT2D eigenvalue weighted by atomic mass is 35.5. The van der Waals surface area contributed by atoms with Crippen LogP contribution in [0, 0.1) is 5.82 Å². The van der Waals surface area contributed by atoms with Crippen molar-refractivity contribution < 1.29 is 19.1 Å². The summed E-state index contributed by atoms with van der Waals surface area (Å²) < 4.78 is 13.6. The number of hydrogen-bond donors (Lipinski definition) is 1. The minimum absolute atomic E-state index is 0. The highest BCUT2D eigenvalue weighted by Gasteiger charge is 2.35. The van der Waals surface area contributed by atoms with E-state index < -0.39 is 5.97 Å². The Labute approximate surface area is 171 Å². The Kier molecular flexibility index (Phi) is 8.22. The summed E-state index contributed by atoms with van der Waals surface area (Å²) >= 11 is 0. The van der Waals surface area contributed by atoms with E-state index in [1.54, 1.807) is 17.0 Å². The van der Waals surface area contributed by atoms with Crippen LogP contribution in [0.4, 0.5) is 10.1 Å². The minimum atomic E-state index is -0.813. The van der Waals surface area contributed by atoms with E-state index in [1.165, 1.54) is 12.1 Å². The highest BCUT2D eigenvalue weighted by molar-refractivity contribution is 5.97. The first-order chi connectivity index (χ1) is 13.0. The number of aliphatic carboxylic acids is 1. The van der Waals surface area contributed by atoms with Gasteiger partial charge in [-0.25, -0.2) is 4.39 Å². The molecular formula is C20H29ClFN3O3. The maximum absolute atomic E-state index is 13.6. The van der Waals surface area contributed by atoms with Crippen LogP contribution < -0.4 is 4.90 Å². The van der Waals surface area contributed by atoms with Gasteiger partial charge in [-0.1, -0.05) is 6.07 Å². The van der Waals surface area contributed by atoms with Crippen LogP contribution >= 0.6 is 12.4 Å². The van der Waals surface area contributed by atoms with Gasteiger partial charge in [0, 0.05) is 24.8 Å². The monoisotopic (exact) mass is 413 g/mol. The molecule has 6 nitrogen and oxygen atoms in total. The van der Waals surface area contributed by atoms with Crippen LogP contribution in [0.3, 0.4) is 0 Å². The van der Waals surface area contributed by atoms with Gasteiger partial charge in [0.2, 0.25) is 5.91 Å². The Morgan fingerprint density at radius 1 is 1.21 bits per heavy atom. The molecule has 2 saturated heterocycles. The van der Waals surface area contributed by atoms with Gasteiger partial charge in [0.05, 0.1) is 12.6 Å². The predicted molar refractivity (Wildman–Crippen MR) is 109 cm³/mol. The molecule has 2 heterocycles. The molecule has 1 N–H and O–H groups in total. The average molecular weight is 414 g/mol. The van der Waals surface area contributed by atoms with E-state index in [4.69, 9.17) is 5.11 Å². The van der Waals surface area contributed by atoms with E-state index in [2.05, 4.69) is 4.90 Å². The number of likely N-dealkylation sites (tertiary alicyclic amines) is 1. The van der Waals surface area contributed by atoms with Gasteiger partial charge in [0.25, 0.3) is 0 Å². The van der Waals surface area contributed by atoms with Crippen molar-refractivity contribution in [2.24, 2.45) is 0 Å². The van der Waals surface area contributed by atoms with E-state index in [1.807, 2.05) is 11.9 Å². The number of nitrogens with zero attached hydrogens (tertiary/aromatic N) is 3. The molecule has 2 aliphatic heterocycles. The second-order valence-electron chi connectivity index (χ2n) is 7.56. The topological polar surface area (TPSA) is 64.1 Å². The fraction of sp³-hybridized carbons (Fsp3) is 0.600. The molecule has 2 fully saturated rings. The van der Waals surface area contributed by atoms with Crippen LogP contribution in [0.1, 0.15) is 32.1 Å². The molecule has 1 aromatic rings. The Balaban J connectivity index is 0.00000280. The molecule has 0 radical (unpaired) electrons. The standard InChI is InChI=1S/C20H28FN3O3.ClH/c1-22(14-19(25)26)16-7-3-10-23(12-9-16)18-8-4-11-24(20(18)27)17-6-2-5-15(21)13-17;/h2,5-6,13,16,18H,3-4,7-12,14H2,1H3,(H,25,26);1H. The maximum atomic E-state index is 13.6. The van der Waals surface area contributed by atoms with Crippen molar-refractivity contribution in [3.8, 4) is 0 Å². The number of carbonyl (C=O) groups is 2. The lowest BCUT2D eigenvalue weighted by molar-refractivity contribution is -0.138. The first kappa shape index (κ1) is 22.6. The number of halogens is 2. The lowest BCUT2D eigenvalue weighted by atomic mass is 10.0. The van der Waals surface area contributed by atoms with Gasteiger partial charge in [-0.2, -0.15) is 0 Å². The second kappa shape index (κ2) is 10.2. The Bertz CT molecular complexity index is 690. The van der Waals surface area contributed by atoms with E-state index in [9.17, 15) is 14.0 Å². The molecule has 156 valence electrons. The van der Waals surface area contributed by atoms with Crippen molar-refractivity contribution in [1.82, 2.24) is 9.80 Å². The van der Waals surface area contributed by atoms with Crippen molar-refractivity contribution >= 4 is 30.0 Å². The largest absolute Gasteiger partial charge is 0.480 e. The van der Waals surface area contributed by atoms with Crippen molar-refractivity contribution in [3.05, 3.63) is 30.1 Å². The number of hydrogen-bond acceptors (Lipinski definition) is 4. The summed E-state index contributed by atoms with van der Waals surface area (Å²) in [7, 11) is 1.85. The first-order valence-corrected chi connectivity index (χ1v) is 9.68. The van der Waals surface area contributed by atoms with Gasteiger partial charge in [-0.3, -0.25) is 19.4 Å². The third-order valence-electron chi connectivity index (χ3n) is 5.71. The number of carboxylic acids is 1. The van der Waals surface area contributed by atoms with Crippen molar-refractivity contribution in [3.63, 3.8) is 0 Å². The smallest absolute Gasteiger partial charge is 0.317 e.